The summed E-state index contributed by atoms with van der Waals surface area (Å²) >= 11 is 0. The maximum absolute atomic E-state index is 12.4. The Balaban J connectivity index is 1.98. The third-order valence-corrected chi connectivity index (χ3v) is 3.96. The van der Waals surface area contributed by atoms with Crippen molar-refractivity contribution in [2.75, 3.05) is 7.05 Å². The summed E-state index contributed by atoms with van der Waals surface area (Å²) in [6.07, 6.45) is -0.0222. The summed E-state index contributed by atoms with van der Waals surface area (Å²) in [5.41, 5.74) is 3.18. The van der Waals surface area contributed by atoms with Gasteiger partial charge in [0.2, 0.25) is 0 Å². The zero-order chi connectivity index (χ0) is 17.8. The lowest BCUT2D eigenvalue weighted by atomic mass is 10.0. The van der Waals surface area contributed by atoms with Gasteiger partial charge in [0.15, 0.2) is 11.5 Å². The first-order valence-corrected chi connectivity index (χ1v) is 7.96. The molecule has 3 aromatic rings. The molecule has 5 heteroatoms. The Bertz CT molecular complexity index is 896. The number of aromatic nitrogens is 1. The molecule has 25 heavy (non-hydrogen) atoms. The number of amides is 1. The van der Waals surface area contributed by atoms with Crippen LogP contribution in [0.5, 0.6) is 0 Å². The lowest BCUT2D eigenvalue weighted by Crippen LogP contribution is -2.20. The average molecular weight is 334 g/mol. The van der Waals surface area contributed by atoms with E-state index in [9.17, 15) is 9.59 Å². The molecule has 2 aromatic carbocycles. The van der Waals surface area contributed by atoms with Gasteiger partial charge < -0.3 is 9.84 Å². The first-order valence-electron chi connectivity index (χ1n) is 7.96. The summed E-state index contributed by atoms with van der Waals surface area (Å²) in [6.45, 7) is 1.98. The van der Waals surface area contributed by atoms with E-state index in [0.29, 0.717) is 16.8 Å². The van der Waals surface area contributed by atoms with Gasteiger partial charge in [-0.3, -0.25) is 9.59 Å². The smallest absolute Gasteiger partial charge is 0.256 e. The van der Waals surface area contributed by atoms with E-state index in [1.807, 2.05) is 37.3 Å². The molecule has 0 saturated carbocycles. The van der Waals surface area contributed by atoms with Crippen LogP contribution in [0.25, 0.3) is 11.3 Å². The Morgan fingerprint density at radius 3 is 2.36 bits per heavy atom. The fourth-order valence-electron chi connectivity index (χ4n) is 2.58. The zero-order valence-corrected chi connectivity index (χ0v) is 14.1. The van der Waals surface area contributed by atoms with Crippen molar-refractivity contribution in [2.24, 2.45) is 0 Å². The number of carbonyl (C=O) groups is 2. The van der Waals surface area contributed by atoms with Gasteiger partial charge >= 0.3 is 0 Å². The quantitative estimate of drug-likeness (QED) is 0.726. The minimum absolute atomic E-state index is 0.0222. The van der Waals surface area contributed by atoms with Crippen molar-refractivity contribution in [3.8, 4) is 11.3 Å². The van der Waals surface area contributed by atoms with Gasteiger partial charge in [-0.2, -0.15) is 0 Å². The van der Waals surface area contributed by atoms with Gasteiger partial charge in [-0.1, -0.05) is 65.3 Å². The lowest BCUT2D eigenvalue weighted by Gasteiger charge is -2.04. The number of nitrogens with one attached hydrogen (secondary N) is 1. The number of Topliss-reactive ketones (excluding diaryl/α,β-unsaturated/α-hetero) is 1. The Kier molecular flexibility index (Phi) is 4.75. The van der Waals surface area contributed by atoms with Crippen LogP contribution in [-0.2, 0) is 6.42 Å². The summed E-state index contributed by atoms with van der Waals surface area (Å²) in [5, 5.41) is 6.64. The van der Waals surface area contributed by atoms with E-state index >= 15 is 0 Å². The average Bonchev–Trinajstić information content (AvgIpc) is 3.06. The number of hydrogen-bond acceptors (Lipinski definition) is 4. The van der Waals surface area contributed by atoms with Crippen molar-refractivity contribution in [3.63, 3.8) is 0 Å². The van der Waals surface area contributed by atoms with Crippen molar-refractivity contribution in [2.45, 2.75) is 13.3 Å². The minimum atomic E-state index is -0.326. The molecule has 1 aromatic heterocycles. The van der Waals surface area contributed by atoms with E-state index in [1.54, 1.807) is 24.3 Å². The van der Waals surface area contributed by atoms with Crippen LogP contribution in [0.1, 0.15) is 32.0 Å². The molecule has 0 bridgehead atoms. The molecular weight excluding hydrogens is 316 g/mol. The fraction of sp³-hybridized carbons (Fsp3) is 0.150. The van der Waals surface area contributed by atoms with E-state index in [1.165, 1.54) is 7.05 Å². The minimum Gasteiger partial charge on any atom is -0.359 e. The van der Waals surface area contributed by atoms with Gasteiger partial charge in [0.1, 0.15) is 11.3 Å². The van der Waals surface area contributed by atoms with Crippen molar-refractivity contribution < 1.29 is 14.1 Å². The number of nitrogens with zero attached hydrogens (tertiary/aromatic N) is 1. The number of rotatable bonds is 5. The molecule has 1 amide bonds. The van der Waals surface area contributed by atoms with Crippen LogP contribution in [0.4, 0.5) is 0 Å². The van der Waals surface area contributed by atoms with E-state index in [0.717, 1.165) is 11.1 Å². The fourth-order valence-corrected chi connectivity index (χ4v) is 2.58. The monoisotopic (exact) mass is 334 g/mol. The molecular formula is C20H18N2O3. The lowest BCUT2D eigenvalue weighted by molar-refractivity contribution is 0.0960. The van der Waals surface area contributed by atoms with Gasteiger partial charge in [0.05, 0.1) is 6.42 Å². The van der Waals surface area contributed by atoms with Crippen LogP contribution in [0.3, 0.4) is 0 Å². The van der Waals surface area contributed by atoms with Crippen LogP contribution in [0.2, 0.25) is 0 Å². The Morgan fingerprint density at radius 2 is 1.72 bits per heavy atom. The van der Waals surface area contributed by atoms with Gasteiger partial charge in [-0.25, -0.2) is 0 Å². The van der Waals surface area contributed by atoms with Gasteiger partial charge in [0.25, 0.3) is 5.91 Å². The van der Waals surface area contributed by atoms with E-state index in [-0.39, 0.29) is 23.9 Å². The highest BCUT2D eigenvalue weighted by Crippen LogP contribution is 2.27. The molecule has 0 aliphatic rings. The third-order valence-electron chi connectivity index (χ3n) is 3.96. The second-order valence-corrected chi connectivity index (χ2v) is 5.74. The number of benzene rings is 2. The molecule has 0 fully saturated rings. The number of hydrogen-bond donors (Lipinski definition) is 1. The van der Waals surface area contributed by atoms with Gasteiger partial charge in [-0.15, -0.1) is 0 Å². The van der Waals surface area contributed by atoms with Gasteiger partial charge in [0, 0.05) is 18.2 Å². The first-order chi connectivity index (χ1) is 12.1. The van der Waals surface area contributed by atoms with E-state index in [2.05, 4.69) is 10.5 Å². The summed E-state index contributed by atoms with van der Waals surface area (Å²) < 4.78 is 5.36. The molecule has 0 aliphatic heterocycles. The molecule has 0 unspecified atom stereocenters. The molecule has 0 saturated heterocycles. The second-order valence-electron chi connectivity index (χ2n) is 5.74. The molecule has 0 spiro atoms. The van der Waals surface area contributed by atoms with E-state index in [4.69, 9.17) is 4.52 Å². The second kappa shape index (κ2) is 7.13. The van der Waals surface area contributed by atoms with Crippen LogP contribution >= 0.6 is 0 Å². The van der Waals surface area contributed by atoms with Gasteiger partial charge in [-0.05, 0) is 6.92 Å². The van der Waals surface area contributed by atoms with Crippen LogP contribution in [0.15, 0.2) is 59.1 Å². The maximum Gasteiger partial charge on any atom is 0.256 e. The van der Waals surface area contributed by atoms with Crippen molar-refractivity contribution in [1.29, 1.82) is 0 Å². The highest BCUT2D eigenvalue weighted by molar-refractivity contribution is 6.03. The van der Waals surface area contributed by atoms with Crippen molar-refractivity contribution in [1.82, 2.24) is 10.5 Å². The number of ketones is 1. The first kappa shape index (κ1) is 16.6. The zero-order valence-electron chi connectivity index (χ0n) is 14.1. The largest absolute Gasteiger partial charge is 0.359 e. The highest BCUT2D eigenvalue weighted by Gasteiger charge is 2.25. The normalized spacial score (nSPS) is 10.5. The highest BCUT2D eigenvalue weighted by atomic mass is 16.5. The van der Waals surface area contributed by atoms with Crippen molar-refractivity contribution in [3.05, 3.63) is 77.0 Å². The summed E-state index contributed by atoms with van der Waals surface area (Å²) in [7, 11) is 1.54. The standard InChI is InChI=1S/C20H18N2O3/c1-13-8-10-15(11-9-13)19-18(20(24)21-2)17(25-22-19)12-16(23)14-6-4-3-5-7-14/h3-11H,12H2,1-2H3,(H,21,24). The topological polar surface area (TPSA) is 72.2 Å². The molecule has 1 N–H and O–H groups in total. The van der Waals surface area contributed by atoms with Crippen LogP contribution in [0, 0.1) is 6.92 Å². The summed E-state index contributed by atoms with van der Waals surface area (Å²) in [6, 6.07) is 16.5. The van der Waals surface area contributed by atoms with E-state index < -0.39 is 0 Å². The Labute approximate surface area is 145 Å². The molecule has 0 atom stereocenters. The SMILES string of the molecule is CNC(=O)c1c(-c2ccc(C)cc2)noc1CC(=O)c1ccccc1. The third kappa shape index (κ3) is 3.50. The Morgan fingerprint density at radius 1 is 1.04 bits per heavy atom. The number of aryl methyl sites for hydroxylation is 1. The molecule has 3 rings (SSSR count). The van der Waals surface area contributed by atoms with Crippen LogP contribution in [-0.4, -0.2) is 23.9 Å². The predicted molar refractivity (Wildman–Crippen MR) is 94.5 cm³/mol. The summed E-state index contributed by atoms with van der Waals surface area (Å²) in [5.74, 6) is -0.186. The molecule has 5 nitrogen and oxygen atoms in total. The molecule has 0 radical (unpaired) electrons. The molecule has 1 heterocycles. The Hall–Kier alpha value is -3.21. The number of carbonyl (C=O) groups excluding carboxylic acids is 2. The van der Waals surface area contributed by atoms with Crippen molar-refractivity contribution >= 4 is 11.7 Å². The predicted octanol–water partition coefficient (Wildman–Crippen LogP) is 3.44. The molecule has 0 aliphatic carbocycles. The summed E-state index contributed by atoms with van der Waals surface area (Å²) in [4.78, 5) is 24.8. The van der Waals surface area contributed by atoms with Crippen LogP contribution < -0.4 is 5.32 Å². The molecule has 126 valence electrons. The maximum atomic E-state index is 12.4.